The number of hydrogen-bond acceptors (Lipinski definition) is 3. The number of hydrogen-bond donors (Lipinski definition) is 2. The Morgan fingerprint density at radius 3 is 2.84 bits per heavy atom. The van der Waals surface area contributed by atoms with Crippen LogP contribution in [0.25, 0.3) is 0 Å². The van der Waals surface area contributed by atoms with E-state index in [1.807, 2.05) is 17.7 Å². The number of halogens is 1. The summed E-state index contributed by atoms with van der Waals surface area (Å²) in [6.45, 7) is 3.25. The Morgan fingerprint density at radius 1 is 1.40 bits per heavy atom. The molecule has 2 aromatic rings. The van der Waals surface area contributed by atoms with Gasteiger partial charge in [-0.3, -0.25) is 0 Å². The molecule has 0 radical (unpaired) electrons. The van der Waals surface area contributed by atoms with Crippen molar-refractivity contribution in [1.82, 2.24) is 20.2 Å². The lowest BCUT2D eigenvalue weighted by atomic mass is 9.99. The third-order valence-corrected chi connectivity index (χ3v) is 4.27. The number of benzene rings is 1. The van der Waals surface area contributed by atoms with Crippen LogP contribution in [0.4, 0.5) is 9.18 Å². The lowest BCUT2D eigenvalue weighted by Crippen LogP contribution is -2.46. The molecule has 3 rings (SSSR count). The number of carbonyl (C=O) groups is 1. The molecule has 0 saturated carbocycles. The third kappa shape index (κ3) is 4.79. The second-order valence-corrected chi connectivity index (χ2v) is 6.36. The number of amides is 2. The Balaban J connectivity index is 1.62. The Hall–Kier alpha value is -2.41. The van der Waals surface area contributed by atoms with Crippen LogP contribution in [-0.4, -0.2) is 34.3 Å². The fourth-order valence-corrected chi connectivity index (χ4v) is 3.09. The maximum Gasteiger partial charge on any atom is 0.315 e. The van der Waals surface area contributed by atoms with Crippen LogP contribution in [0, 0.1) is 5.82 Å². The highest BCUT2D eigenvalue weighted by Crippen LogP contribution is 2.27. The molecule has 1 aromatic heterocycles. The van der Waals surface area contributed by atoms with Gasteiger partial charge in [-0.1, -0.05) is 12.1 Å². The van der Waals surface area contributed by atoms with Gasteiger partial charge in [-0.2, -0.15) is 0 Å². The Bertz CT molecular complexity index is 669. The number of ether oxygens (including phenoxy) is 1. The maximum atomic E-state index is 13.2. The summed E-state index contributed by atoms with van der Waals surface area (Å²) in [6, 6.07) is 5.55. The van der Waals surface area contributed by atoms with Crippen molar-refractivity contribution in [2.75, 3.05) is 6.61 Å². The number of urea groups is 1. The summed E-state index contributed by atoms with van der Waals surface area (Å²) in [5, 5.41) is 5.91. The van der Waals surface area contributed by atoms with Crippen molar-refractivity contribution in [1.29, 1.82) is 0 Å². The molecule has 2 heterocycles. The van der Waals surface area contributed by atoms with Crippen molar-refractivity contribution in [2.45, 2.75) is 44.5 Å². The van der Waals surface area contributed by atoms with E-state index in [-0.39, 0.29) is 30.0 Å². The fourth-order valence-electron chi connectivity index (χ4n) is 3.09. The van der Waals surface area contributed by atoms with Crippen LogP contribution in [0.2, 0.25) is 0 Å². The molecule has 134 valence electrons. The number of nitrogens with zero attached hydrogens (tertiary/aromatic N) is 2. The molecule has 6 nitrogen and oxygen atoms in total. The van der Waals surface area contributed by atoms with Gasteiger partial charge in [0.1, 0.15) is 5.82 Å². The average molecular weight is 346 g/mol. The molecule has 7 heteroatoms. The van der Waals surface area contributed by atoms with Crippen LogP contribution in [0.5, 0.6) is 0 Å². The molecule has 0 bridgehead atoms. The zero-order valence-corrected chi connectivity index (χ0v) is 14.2. The predicted octanol–water partition coefficient (Wildman–Crippen LogP) is 2.63. The molecule has 2 N–H and O–H groups in total. The summed E-state index contributed by atoms with van der Waals surface area (Å²) in [4.78, 5) is 16.4. The molecule has 1 saturated heterocycles. The largest absolute Gasteiger partial charge is 0.376 e. The second kappa shape index (κ2) is 8.11. The van der Waals surface area contributed by atoms with Gasteiger partial charge in [-0.25, -0.2) is 14.2 Å². The first-order valence-corrected chi connectivity index (χ1v) is 8.51. The molecule has 3 atom stereocenters. The van der Waals surface area contributed by atoms with Crippen LogP contribution in [0.1, 0.15) is 31.4 Å². The molecule has 0 unspecified atom stereocenters. The summed E-state index contributed by atoms with van der Waals surface area (Å²) in [7, 11) is 0. The summed E-state index contributed by atoms with van der Waals surface area (Å²) in [6.07, 6.45) is 7.00. The standard InChI is InChI=1S/C18H23FN4O2/c1-13(11-23-9-8-20-12-23)21-18(24)22-17(16-3-2-10-25-16)14-4-6-15(19)7-5-14/h4-9,12-13,16-17H,2-3,10-11H2,1H3,(H2,21,22,24)/t13-,16-,17-/m1/s1. The highest BCUT2D eigenvalue weighted by molar-refractivity contribution is 5.74. The van der Waals surface area contributed by atoms with Crippen molar-refractivity contribution in [3.05, 3.63) is 54.4 Å². The summed E-state index contributed by atoms with van der Waals surface area (Å²) < 4.78 is 20.9. The number of aromatic nitrogens is 2. The minimum atomic E-state index is -0.302. The zero-order chi connectivity index (χ0) is 17.6. The normalized spacial score (nSPS) is 19.4. The zero-order valence-electron chi connectivity index (χ0n) is 14.2. The predicted molar refractivity (Wildman–Crippen MR) is 91.5 cm³/mol. The van der Waals surface area contributed by atoms with Crippen molar-refractivity contribution in [3.63, 3.8) is 0 Å². The van der Waals surface area contributed by atoms with E-state index in [9.17, 15) is 9.18 Å². The lowest BCUT2D eigenvalue weighted by Gasteiger charge is -2.26. The van der Waals surface area contributed by atoms with Gasteiger partial charge >= 0.3 is 6.03 Å². The van der Waals surface area contributed by atoms with E-state index in [0.29, 0.717) is 13.2 Å². The van der Waals surface area contributed by atoms with Crippen LogP contribution < -0.4 is 10.6 Å². The molecule has 1 fully saturated rings. The van der Waals surface area contributed by atoms with E-state index in [1.165, 1.54) is 12.1 Å². The topological polar surface area (TPSA) is 68.2 Å². The Labute approximate surface area is 146 Å². The first-order valence-electron chi connectivity index (χ1n) is 8.51. The minimum absolute atomic E-state index is 0.0624. The molecule has 1 aromatic carbocycles. The highest BCUT2D eigenvalue weighted by atomic mass is 19.1. The third-order valence-electron chi connectivity index (χ3n) is 4.27. The Kier molecular flexibility index (Phi) is 5.65. The monoisotopic (exact) mass is 346 g/mol. The van der Waals surface area contributed by atoms with Crippen molar-refractivity contribution in [2.24, 2.45) is 0 Å². The number of nitrogens with one attached hydrogen (secondary N) is 2. The van der Waals surface area contributed by atoms with Gasteiger partial charge in [-0.15, -0.1) is 0 Å². The molecule has 1 aliphatic heterocycles. The molecule has 25 heavy (non-hydrogen) atoms. The average Bonchev–Trinajstić information content (AvgIpc) is 3.27. The van der Waals surface area contributed by atoms with Crippen molar-refractivity contribution in [3.8, 4) is 0 Å². The number of carbonyl (C=O) groups excluding carboxylic acids is 1. The van der Waals surface area contributed by atoms with E-state index in [0.717, 1.165) is 18.4 Å². The van der Waals surface area contributed by atoms with Gasteiger partial charge in [0.05, 0.1) is 18.5 Å². The molecule has 0 spiro atoms. The Morgan fingerprint density at radius 2 is 2.20 bits per heavy atom. The summed E-state index contributed by atoms with van der Waals surface area (Å²) >= 11 is 0. The summed E-state index contributed by atoms with van der Waals surface area (Å²) in [5.74, 6) is -0.298. The highest BCUT2D eigenvalue weighted by Gasteiger charge is 2.29. The van der Waals surface area contributed by atoms with Crippen LogP contribution >= 0.6 is 0 Å². The van der Waals surface area contributed by atoms with Gasteiger partial charge in [-0.05, 0) is 37.5 Å². The number of imidazole rings is 1. The van der Waals surface area contributed by atoms with Gasteiger partial charge in [0.15, 0.2) is 0 Å². The van der Waals surface area contributed by atoms with Gasteiger partial charge in [0, 0.05) is 31.6 Å². The first kappa shape index (κ1) is 17.4. The van der Waals surface area contributed by atoms with E-state index < -0.39 is 0 Å². The SMILES string of the molecule is C[C@H](Cn1ccnc1)NC(=O)N[C@H](c1ccc(F)cc1)[C@H]1CCCO1. The minimum Gasteiger partial charge on any atom is -0.376 e. The van der Waals surface area contributed by atoms with E-state index in [4.69, 9.17) is 4.74 Å². The quantitative estimate of drug-likeness (QED) is 0.845. The maximum absolute atomic E-state index is 13.2. The van der Waals surface area contributed by atoms with Gasteiger partial charge < -0.3 is 19.9 Å². The molecule has 2 amide bonds. The smallest absolute Gasteiger partial charge is 0.315 e. The van der Waals surface area contributed by atoms with Crippen molar-refractivity contribution >= 4 is 6.03 Å². The van der Waals surface area contributed by atoms with Crippen LogP contribution in [0.15, 0.2) is 43.0 Å². The molecule has 1 aliphatic rings. The first-order chi connectivity index (χ1) is 12.1. The lowest BCUT2D eigenvalue weighted by molar-refractivity contribution is 0.0805. The van der Waals surface area contributed by atoms with E-state index in [1.54, 1.807) is 24.7 Å². The molecule has 0 aliphatic carbocycles. The van der Waals surface area contributed by atoms with Crippen LogP contribution in [-0.2, 0) is 11.3 Å². The fraction of sp³-hybridized carbons (Fsp3) is 0.444. The van der Waals surface area contributed by atoms with Gasteiger partial charge in [0.25, 0.3) is 0 Å². The molecular formula is C18H23FN4O2. The van der Waals surface area contributed by atoms with Crippen molar-refractivity contribution < 1.29 is 13.9 Å². The van der Waals surface area contributed by atoms with E-state index in [2.05, 4.69) is 15.6 Å². The summed E-state index contributed by atoms with van der Waals surface area (Å²) in [5.41, 5.74) is 0.839. The van der Waals surface area contributed by atoms with Gasteiger partial charge in [0.2, 0.25) is 0 Å². The second-order valence-electron chi connectivity index (χ2n) is 6.36. The number of rotatable bonds is 6. The molecular weight excluding hydrogens is 323 g/mol. The van der Waals surface area contributed by atoms with Crippen LogP contribution in [0.3, 0.4) is 0 Å². The van der Waals surface area contributed by atoms with E-state index >= 15 is 0 Å².